The van der Waals surface area contributed by atoms with Gasteiger partial charge in [-0.25, -0.2) is 4.98 Å². The maximum Gasteiger partial charge on any atom is 0.182 e. The Morgan fingerprint density at radius 2 is 2.58 bits per heavy atom. The van der Waals surface area contributed by atoms with Gasteiger partial charge in [-0.05, 0) is 25.4 Å². The minimum atomic E-state index is 0.531. The Balaban J connectivity index is 2.22. The first-order valence-electron chi connectivity index (χ1n) is 3.98. The van der Waals surface area contributed by atoms with E-state index in [1.165, 1.54) is 12.2 Å². The first-order chi connectivity index (χ1) is 5.83. The van der Waals surface area contributed by atoms with Gasteiger partial charge in [0.05, 0.1) is 0 Å². The summed E-state index contributed by atoms with van der Waals surface area (Å²) in [6, 6.07) is 0.531. The number of anilines is 1. The van der Waals surface area contributed by atoms with Crippen molar-refractivity contribution in [3.63, 3.8) is 0 Å². The van der Waals surface area contributed by atoms with Crippen LogP contribution in [0.15, 0.2) is 11.6 Å². The highest BCUT2D eigenvalue weighted by Crippen LogP contribution is 2.13. The summed E-state index contributed by atoms with van der Waals surface area (Å²) in [6.07, 6.45) is 5.16. The molecule has 0 aliphatic rings. The van der Waals surface area contributed by atoms with Gasteiger partial charge < -0.3 is 5.32 Å². The van der Waals surface area contributed by atoms with Crippen LogP contribution in [0.1, 0.15) is 13.3 Å². The number of rotatable bonds is 5. The molecule has 68 valence electrons. The van der Waals surface area contributed by atoms with Crippen molar-refractivity contribution in [3.05, 3.63) is 11.6 Å². The van der Waals surface area contributed by atoms with E-state index in [-0.39, 0.29) is 0 Å². The van der Waals surface area contributed by atoms with Gasteiger partial charge in [0.1, 0.15) is 0 Å². The van der Waals surface area contributed by atoms with E-state index < -0.39 is 0 Å². The fraction of sp³-hybridized carbons (Fsp3) is 0.625. The quantitative estimate of drug-likeness (QED) is 0.794. The predicted molar refractivity (Wildman–Crippen MR) is 58.2 cm³/mol. The second-order valence-electron chi connectivity index (χ2n) is 2.66. The topological polar surface area (TPSA) is 24.9 Å². The van der Waals surface area contributed by atoms with Crippen molar-refractivity contribution in [2.75, 3.05) is 17.3 Å². The molecule has 0 saturated carbocycles. The van der Waals surface area contributed by atoms with Crippen molar-refractivity contribution in [3.8, 4) is 0 Å². The number of thioether (sulfide) groups is 1. The van der Waals surface area contributed by atoms with Crippen LogP contribution in [0.4, 0.5) is 5.13 Å². The van der Waals surface area contributed by atoms with E-state index in [0.717, 1.165) is 5.13 Å². The summed E-state index contributed by atoms with van der Waals surface area (Å²) in [5, 5.41) is 6.37. The lowest BCUT2D eigenvalue weighted by Crippen LogP contribution is -2.15. The summed E-state index contributed by atoms with van der Waals surface area (Å²) >= 11 is 3.54. The average Bonchev–Trinajstić information content (AvgIpc) is 2.53. The van der Waals surface area contributed by atoms with Gasteiger partial charge >= 0.3 is 0 Å². The molecule has 1 N–H and O–H groups in total. The summed E-state index contributed by atoms with van der Waals surface area (Å²) in [5.74, 6) is 1.21. The molecule has 0 aromatic carbocycles. The lowest BCUT2D eigenvalue weighted by atomic mass is 10.3. The lowest BCUT2D eigenvalue weighted by Gasteiger charge is -2.11. The highest BCUT2D eigenvalue weighted by atomic mass is 32.2. The molecule has 1 aromatic heterocycles. The van der Waals surface area contributed by atoms with Crippen LogP contribution in [0.25, 0.3) is 0 Å². The number of hydrogen-bond acceptors (Lipinski definition) is 4. The first-order valence-corrected chi connectivity index (χ1v) is 6.25. The molecule has 0 saturated heterocycles. The molecular formula is C8H14N2S2. The van der Waals surface area contributed by atoms with Crippen molar-refractivity contribution >= 4 is 28.2 Å². The average molecular weight is 202 g/mol. The molecule has 0 radical (unpaired) electrons. The van der Waals surface area contributed by atoms with Crippen LogP contribution >= 0.6 is 23.1 Å². The standard InChI is InChI=1S/C8H14N2S2/c1-7(3-5-11-2)10-8-9-4-6-12-8/h4,6-7H,3,5H2,1-2H3,(H,9,10). The second kappa shape index (κ2) is 5.43. The molecular weight excluding hydrogens is 188 g/mol. The lowest BCUT2D eigenvalue weighted by molar-refractivity contribution is 0.771. The van der Waals surface area contributed by atoms with E-state index in [4.69, 9.17) is 0 Å². The highest BCUT2D eigenvalue weighted by molar-refractivity contribution is 7.98. The maximum atomic E-state index is 4.16. The van der Waals surface area contributed by atoms with E-state index in [1.807, 2.05) is 23.3 Å². The number of hydrogen-bond donors (Lipinski definition) is 1. The van der Waals surface area contributed by atoms with Crippen LogP contribution in [-0.2, 0) is 0 Å². The molecule has 1 rings (SSSR count). The molecule has 0 bridgehead atoms. The fourth-order valence-corrected chi connectivity index (χ4v) is 2.10. The second-order valence-corrected chi connectivity index (χ2v) is 4.54. The molecule has 12 heavy (non-hydrogen) atoms. The third-order valence-corrected chi connectivity index (χ3v) is 2.91. The van der Waals surface area contributed by atoms with Crippen LogP contribution < -0.4 is 5.32 Å². The van der Waals surface area contributed by atoms with Crippen molar-refractivity contribution in [2.24, 2.45) is 0 Å². The first kappa shape index (κ1) is 9.86. The third-order valence-electron chi connectivity index (χ3n) is 1.56. The Labute approximate surface area is 81.8 Å². The van der Waals surface area contributed by atoms with E-state index in [1.54, 1.807) is 11.3 Å². The van der Waals surface area contributed by atoms with Crippen LogP contribution in [-0.4, -0.2) is 23.0 Å². The zero-order chi connectivity index (χ0) is 8.81. The SMILES string of the molecule is CSCCC(C)Nc1nccs1. The molecule has 0 aliphatic heterocycles. The largest absolute Gasteiger partial charge is 0.359 e. The molecule has 1 unspecified atom stereocenters. The van der Waals surface area contributed by atoms with E-state index >= 15 is 0 Å². The van der Waals surface area contributed by atoms with E-state index in [9.17, 15) is 0 Å². The van der Waals surface area contributed by atoms with Crippen LogP contribution in [0, 0.1) is 0 Å². The summed E-state index contributed by atoms with van der Waals surface area (Å²) in [6.45, 7) is 2.19. The molecule has 1 aromatic rings. The molecule has 1 heterocycles. The van der Waals surface area contributed by atoms with Crippen LogP contribution in [0.2, 0.25) is 0 Å². The van der Waals surface area contributed by atoms with Gasteiger partial charge in [0.15, 0.2) is 5.13 Å². The molecule has 2 nitrogen and oxygen atoms in total. The van der Waals surface area contributed by atoms with Crippen molar-refractivity contribution in [2.45, 2.75) is 19.4 Å². The van der Waals surface area contributed by atoms with Gasteiger partial charge in [-0.1, -0.05) is 0 Å². The summed E-state index contributed by atoms with van der Waals surface area (Å²) in [4.78, 5) is 4.16. The summed E-state index contributed by atoms with van der Waals surface area (Å²) in [5.41, 5.74) is 0. The molecule has 0 fully saturated rings. The molecule has 0 amide bonds. The minimum absolute atomic E-state index is 0.531. The number of thiazole rings is 1. The maximum absolute atomic E-state index is 4.16. The zero-order valence-electron chi connectivity index (χ0n) is 7.41. The normalized spacial score (nSPS) is 12.8. The van der Waals surface area contributed by atoms with Gasteiger partial charge in [-0.3, -0.25) is 0 Å². The summed E-state index contributed by atoms with van der Waals surface area (Å²) in [7, 11) is 0. The fourth-order valence-electron chi connectivity index (χ4n) is 0.872. The Hall–Kier alpha value is -0.220. The van der Waals surface area contributed by atoms with E-state index in [0.29, 0.717) is 6.04 Å². The van der Waals surface area contributed by atoms with Crippen molar-refractivity contribution in [1.82, 2.24) is 4.98 Å². The molecule has 0 aliphatic carbocycles. The Morgan fingerprint density at radius 3 is 3.17 bits per heavy atom. The van der Waals surface area contributed by atoms with Crippen molar-refractivity contribution < 1.29 is 0 Å². The minimum Gasteiger partial charge on any atom is -0.359 e. The Kier molecular flexibility index (Phi) is 4.46. The number of aromatic nitrogens is 1. The van der Waals surface area contributed by atoms with Crippen LogP contribution in [0.3, 0.4) is 0 Å². The smallest absolute Gasteiger partial charge is 0.182 e. The van der Waals surface area contributed by atoms with Gasteiger partial charge in [-0.2, -0.15) is 11.8 Å². The third kappa shape index (κ3) is 3.45. The van der Waals surface area contributed by atoms with Gasteiger partial charge in [0.2, 0.25) is 0 Å². The Morgan fingerprint density at radius 1 is 1.75 bits per heavy atom. The van der Waals surface area contributed by atoms with Gasteiger partial charge in [0, 0.05) is 17.6 Å². The predicted octanol–water partition coefficient (Wildman–Crippen LogP) is 2.70. The van der Waals surface area contributed by atoms with Crippen molar-refractivity contribution in [1.29, 1.82) is 0 Å². The zero-order valence-corrected chi connectivity index (χ0v) is 9.04. The molecule has 1 atom stereocenters. The van der Waals surface area contributed by atoms with Crippen LogP contribution in [0.5, 0.6) is 0 Å². The highest BCUT2D eigenvalue weighted by Gasteiger charge is 2.01. The Bertz CT molecular complexity index is 199. The monoisotopic (exact) mass is 202 g/mol. The van der Waals surface area contributed by atoms with Gasteiger partial charge in [-0.15, -0.1) is 11.3 Å². The van der Waals surface area contributed by atoms with E-state index in [2.05, 4.69) is 23.5 Å². The van der Waals surface area contributed by atoms with Gasteiger partial charge in [0.25, 0.3) is 0 Å². The molecule has 4 heteroatoms. The number of nitrogens with one attached hydrogen (secondary N) is 1. The number of nitrogens with zero attached hydrogens (tertiary/aromatic N) is 1. The summed E-state index contributed by atoms with van der Waals surface area (Å²) < 4.78 is 0. The molecule has 0 spiro atoms.